The van der Waals surface area contributed by atoms with E-state index >= 15 is 0 Å². The molecule has 2 fully saturated rings. The minimum Gasteiger partial charge on any atom is -0.384 e. The van der Waals surface area contributed by atoms with Gasteiger partial charge < -0.3 is 10.0 Å². The molecule has 15 heavy (non-hydrogen) atoms. The average molecular weight is 288 g/mol. The summed E-state index contributed by atoms with van der Waals surface area (Å²) < 4.78 is 1.08. The largest absolute Gasteiger partial charge is 0.384 e. The molecule has 3 atom stereocenters. The Labute approximate surface area is 102 Å². The number of aliphatic hydroxyl groups is 1. The summed E-state index contributed by atoms with van der Waals surface area (Å²) in [7, 11) is 0. The lowest BCUT2D eigenvalue weighted by Gasteiger charge is -2.38. The molecule has 1 aromatic heterocycles. The van der Waals surface area contributed by atoms with E-state index in [2.05, 4.69) is 26.2 Å². The van der Waals surface area contributed by atoms with Crippen LogP contribution in [0.4, 0.5) is 0 Å². The highest BCUT2D eigenvalue weighted by atomic mass is 79.9. The third kappa shape index (κ3) is 1.50. The Balaban J connectivity index is 1.99. The van der Waals surface area contributed by atoms with Gasteiger partial charge in [0.15, 0.2) is 0 Å². The van der Waals surface area contributed by atoms with E-state index in [0.29, 0.717) is 5.92 Å². The van der Waals surface area contributed by atoms with Crippen LogP contribution in [0.2, 0.25) is 0 Å². The van der Waals surface area contributed by atoms with Crippen molar-refractivity contribution in [2.45, 2.75) is 18.4 Å². The number of nitrogens with zero attached hydrogens (tertiary/aromatic N) is 1. The van der Waals surface area contributed by atoms with Crippen molar-refractivity contribution in [1.29, 1.82) is 0 Å². The zero-order chi connectivity index (χ0) is 10.5. The van der Waals surface area contributed by atoms with Crippen LogP contribution in [-0.4, -0.2) is 29.6 Å². The van der Waals surface area contributed by atoms with Crippen molar-refractivity contribution in [3.8, 4) is 0 Å². The van der Waals surface area contributed by atoms with Crippen molar-refractivity contribution < 1.29 is 5.11 Å². The Kier molecular flexibility index (Phi) is 2.43. The summed E-state index contributed by atoms with van der Waals surface area (Å²) in [4.78, 5) is 3.59. The van der Waals surface area contributed by atoms with E-state index in [4.69, 9.17) is 0 Å². The van der Waals surface area contributed by atoms with Crippen LogP contribution in [0.3, 0.4) is 0 Å². The van der Waals surface area contributed by atoms with E-state index in [1.54, 1.807) is 11.3 Å². The first-order valence-electron chi connectivity index (χ1n) is 5.38. The van der Waals surface area contributed by atoms with Crippen LogP contribution in [0.5, 0.6) is 0 Å². The van der Waals surface area contributed by atoms with E-state index in [0.717, 1.165) is 41.8 Å². The topological polar surface area (TPSA) is 23.5 Å². The van der Waals surface area contributed by atoms with Crippen LogP contribution in [0.15, 0.2) is 15.9 Å². The third-order valence-electron chi connectivity index (χ3n) is 3.77. The van der Waals surface area contributed by atoms with Crippen LogP contribution in [0, 0.1) is 5.92 Å². The summed E-state index contributed by atoms with van der Waals surface area (Å²) in [5.74, 6) is 0.432. The molecule has 1 aromatic rings. The summed E-state index contributed by atoms with van der Waals surface area (Å²) in [5.41, 5.74) is -0.569. The van der Waals surface area contributed by atoms with E-state index < -0.39 is 5.60 Å². The van der Waals surface area contributed by atoms with Crippen molar-refractivity contribution in [3.63, 3.8) is 0 Å². The zero-order valence-corrected chi connectivity index (χ0v) is 10.9. The van der Waals surface area contributed by atoms with Gasteiger partial charge in [-0.05, 0) is 46.8 Å². The molecule has 0 amide bonds. The van der Waals surface area contributed by atoms with Crippen molar-refractivity contribution in [3.05, 3.63) is 20.8 Å². The van der Waals surface area contributed by atoms with Crippen molar-refractivity contribution in [2.75, 3.05) is 19.6 Å². The molecule has 0 aliphatic carbocycles. The van der Waals surface area contributed by atoms with Gasteiger partial charge in [0, 0.05) is 23.5 Å². The summed E-state index contributed by atoms with van der Waals surface area (Å²) >= 11 is 5.22. The quantitative estimate of drug-likeness (QED) is 0.858. The first-order chi connectivity index (χ1) is 7.20. The van der Waals surface area contributed by atoms with E-state index in [-0.39, 0.29) is 0 Å². The van der Waals surface area contributed by atoms with Crippen LogP contribution < -0.4 is 0 Å². The highest BCUT2D eigenvalue weighted by Gasteiger charge is 2.47. The summed E-state index contributed by atoms with van der Waals surface area (Å²) in [5, 5.41) is 12.9. The van der Waals surface area contributed by atoms with Gasteiger partial charge in [-0.3, -0.25) is 0 Å². The smallest absolute Gasteiger partial charge is 0.105 e. The van der Waals surface area contributed by atoms with E-state index in [9.17, 15) is 5.11 Å². The molecule has 2 aliphatic rings. The first kappa shape index (κ1) is 10.3. The molecule has 0 aromatic carbocycles. The Morgan fingerprint density at radius 3 is 3.13 bits per heavy atom. The molecular weight excluding hydrogens is 274 g/mol. The van der Waals surface area contributed by atoms with Crippen LogP contribution >= 0.6 is 27.3 Å². The lowest BCUT2D eigenvalue weighted by Crippen LogP contribution is -2.43. The molecule has 2 saturated heterocycles. The fourth-order valence-electron chi connectivity index (χ4n) is 2.86. The summed E-state index contributed by atoms with van der Waals surface area (Å²) in [6, 6.07) is 2.04. The molecule has 2 aliphatic heterocycles. The molecule has 0 spiro atoms. The van der Waals surface area contributed by atoms with Gasteiger partial charge in [-0.1, -0.05) is 0 Å². The summed E-state index contributed by atoms with van der Waals surface area (Å²) in [6.07, 6.45) is 2.03. The number of hydrogen-bond acceptors (Lipinski definition) is 3. The second-order valence-corrected chi connectivity index (χ2v) is 6.33. The predicted molar refractivity (Wildman–Crippen MR) is 65.1 cm³/mol. The maximum atomic E-state index is 10.9. The molecule has 1 N–H and O–H groups in total. The van der Waals surface area contributed by atoms with Gasteiger partial charge in [0.1, 0.15) is 5.60 Å². The first-order valence-corrected chi connectivity index (χ1v) is 7.05. The molecule has 2 nitrogen and oxygen atoms in total. The predicted octanol–water partition coefficient (Wildman–Crippen LogP) is 2.42. The second kappa shape index (κ2) is 3.55. The molecule has 2 bridgehead atoms. The van der Waals surface area contributed by atoms with Crippen molar-refractivity contribution in [1.82, 2.24) is 4.90 Å². The lowest BCUT2D eigenvalue weighted by atomic mass is 9.81. The molecule has 3 heterocycles. The second-order valence-electron chi connectivity index (χ2n) is 4.56. The average Bonchev–Trinajstić information content (AvgIpc) is 2.81. The Bertz CT molecular complexity index is 380. The highest BCUT2D eigenvalue weighted by molar-refractivity contribution is 9.10. The van der Waals surface area contributed by atoms with Crippen LogP contribution in [0.25, 0.3) is 0 Å². The standard InChI is InChI=1S/C11H14BrNOS/c12-9-2-6-15-10(9)11(14)3-5-13-4-1-8(11)7-13/h2,6,8,14H,1,3-5,7H2. The van der Waals surface area contributed by atoms with Gasteiger partial charge in [-0.15, -0.1) is 11.3 Å². The lowest BCUT2D eigenvalue weighted by molar-refractivity contribution is -0.0476. The number of thiophene rings is 1. The van der Waals surface area contributed by atoms with Gasteiger partial charge in [-0.2, -0.15) is 0 Å². The summed E-state index contributed by atoms with van der Waals surface area (Å²) in [6.45, 7) is 3.27. The normalized spacial score (nSPS) is 39.6. The Morgan fingerprint density at radius 1 is 1.53 bits per heavy atom. The zero-order valence-electron chi connectivity index (χ0n) is 8.45. The third-order valence-corrected chi connectivity index (χ3v) is 5.77. The number of fused-ring (bicyclic) bond motifs is 2. The molecule has 0 saturated carbocycles. The highest BCUT2D eigenvalue weighted by Crippen LogP contribution is 2.46. The van der Waals surface area contributed by atoms with Crippen LogP contribution in [-0.2, 0) is 5.60 Å². The van der Waals surface area contributed by atoms with Gasteiger partial charge in [0.25, 0.3) is 0 Å². The van der Waals surface area contributed by atoms with Crippen molar-refractivity contribution >= 4 is 27.3 Å². The van der Waals surface area contributed by atoms with E-state index in [1.807, 2.05) is 6.07 Å². The number of halogens is 1. The van der Waals surface area contributed by atoms with Gasteiger partial charge in [0.05, 0.1) is 4.88 Å². The monoisotopic (exact) mass is 287 g/mol. The Hall–Kier alpha value is 0.1000. The number of piperidine rings is 1. The number of rotatable bonds is 1. The van der Waals surface area contributed by atoms with Crippen molar-refractivity contribution in [2.24, 2.45) is 5.92 Å². The maximum Gasteiger partial charge on any atom is 0.105 e. The van der Waals surface area contributed by atoms with E-state index in [1.165, 1.54) is 0 Å². The fourth-order valence-corrected chi connectivity index (χ4v) is 4.78. The minimum atomic E-state index is -0.569. The molecule has 3 unspecified atom stereocenters. The number of hydrogen-bond donors (Lipinski definition) is 1. The molecule has 4 heteroatoms. The van der Waals surface area contributed by atoms with Gasteiger partial charge in [0.2, 0.25) is 0 Å². The van der Waals surface area contributed by atoms with Crippen LogP contribution in [0.1, 0.15) is 17.7 Å². The SMILES string of the molecule is OC1(c2sccc2Br)CCN2CCC1C2. The molecular formula is C11H14BrNOS. The molecule has 3 rings (SSSR count). The maximum absolute atomic E-state index is 10.9. The fraction of sp³-hybridized carbons (Fsp3) is 0.636. The molecule has 0 radical (unpaired) electrons. The Morgan fingerprint density at radius 2 is 2.40 bits per heavy atom. The minimum absolute atomic E-state index is 0.432. The molecule has 82 valence electrons. The van der Waals surface area contributed by atoms with Gasteiger partial charge in [-0.25, -0.2) is 0 Å². The van der Waals surface area contributed by atoms with Gasteiger partial charge >= 0.3 is 0 Å².